The van der Waals surface area contributed by atoms with Gasteiger partial charge in [-0.2, -0.15) is 0 Å². The SMILES string of the molecule is CCCC/C=C1/OC(=O)C(C(=O)OC)[C@]1(C)c1ccccc1. The van der Waals surface area contributed by atoms with Gasteiger partial charge in [0.25, 0.3) is 0 Å². The molecule has 0 bridgehead atoms. The van der Waals surface area contributed by atoms with Crippen molar-refractivity contribution in [1.82, 2.24) is 0 Å². The first-order valence-electron chi connectivity index (χ1n) is 7.61. The maximum absolute atomic E-state index is 12.2. The van der Waals surface area contributed by atoms with Crippen molar-refractivity contribution in [1.29, 1.82) is 0 Å². The van der Waals surface area contributed by atoms with E-state index in [1.807, 2.05) is 43.3 Å². The predicted molar refractivity (Wildman–Crippen MR) is 83.0 cm³/mol. The van der Waals surface area contributed by atoms with Crippen LogP contribution in [0.3, 0.4) is 0 Å². The van der Waals surface area contributed by atoms with E-state index in [1.165, 1.54) is 7.11 Å². The van der Waals surface area contributed by atoms with Crippen molar-refractivity contribution in [3.05, 3.63) is 47.7 Å². The number of esters is 2. The highest BCUT2D eigenvalue weighted by molar-refractivity contribution is 6.00. The lowest BCUT2D eigenvalue weighted by Crippen LogP contribution is -2.37. The smallest absolute Gasteiger partial charge is 0.326 e. The summed E-state index contributed by atoms with van der Waals surface area (Å²) in [6.45, 7) is 3.97. The van der Waals surface area contributed by atoms with E-state index < -0.39 is 23.3 Å². The number of hydrogen-bond acceptors (Lipinski definition) is 4. The number of unbranched alkanes of at least 4 members (excludes halogenated alkanes) is 2. The third-order valence-electron chi connectivity index (χ3n) is 4.23. The maximum Gasteiger partial charge on any atom is 0.326 e. The zero-order valence-corrected chi connectivity index (χ0v) is 13.3. The number of carbonyl (C=O) groups is 2. The van der Waals surface area contributed by atoms with Gasteiger partial charge in [0.2, 0.25) is 0 Å². The van der Waals surface area contributed by atoms with Crippen LogP contribution in [0.25, 0.3) is 0 Å². The summed E-state index contributed by atoms with van der Waals surface area (Å²) in [6.07, 6.45) is 4.81. The molecule has 0 aliphatic carbocycles. The lowest BCUT2D eigenvalue weighted by Gasteiger charge is -2.27. The second-order valence-electron chi connectivity index (χ2n) is 5.66. The van der Waals surface area contributed by atoms with Gasteiger partial charge in [-0.15, -0.1) is 0 Å². The van der Waals surface area contributed by atoms with E-state index in [-0.39, 0.29) is 0 Å². The van der Waals surface area contributed by atoms with Crippen LogP contribution >= 0.6 is 0 Å². The quantitative estimate of drug-likeness (QED) is 0.475. The second kappa shape index (κ2) is 6.77. The highest BCUT2D eigenvalue weighted by Crippen LogP contribution is 2.46. The van der Waals surface area contributed by atoms with E-state index in [0.29, 0.717) is 5.76 Å². The molecule has 1 heterocycles. The summed E-state index contributed by atoms with van der Waals surface area (Å²) in [4.78, 5) is 24.4. The van der Waals surface area contributed by atoms with Gasteiger partial charge in [-0.1, -0.05) is 43.7 Å². The molecule has 0 aromatic heterocycles. The minimum Gasteiger partial charge on any atom is -0.468 e. The molecule has 4 heteroatoms. The summed E-state index contributed by atoms with van der Waals surface area (Å²) in [5.74, 6) is -1.52. The molecule has 0 N–H and O–H groups in total. The van der Waals surface area contributed by atoms with Gasteiger partial charge in [0.1, 0.15) is 5.76 Å². The summed E-state index contributed by atoms with van der Waals surface area (Å²) >= 11 is 0. The molecule has 4 nitrogen and oxygen atoms in total. The lowest BCUT2D eigenvalue weighted by atomic mass is 9.71. The molecule has 118 valence electrons. The van der Waals surface area contributed by atoms with Crippen LogP contribution in [-0.2, 0) is 24.5 Å². The Kier molecular flexibility index (Phi) is 5.01. The van der Waals surface area contributed by atoms with Gasteiger partial charge in [-0.3, -0.25) is 9.59 Å². The van der Waals surface area contributed by atoms with Gasteiger partial charge in [-0.25, -0.2) is 0 Å². The Balaban J connectivity index is 2.49. The average Bonchev–Trinajstić information content (AvgIpc) is 2.79. The fraction of sp³-hybridized carbons (Fsp3) is 0.444. The van der Waals surface area contributed by atoms with E-state index in [4.69, 9.17) is 9.47 Å². The Bertz CT molecular complexity index is 576. The van der Waals surface area contributed by atoms with Crippen LogP contribution in [0.15, 0.2) is 42.2 Å². The molecule has 0 radical (unpaired) electrons. The Morgan fingerprint density at radius 2 is 2.05 bits per heavy atom. The molecule has 22 heavy (non-hydrogen) atoms. The first-order valence-corrected chi connectivity index (χ1v) is 7.61. The minimum atomic E-state index is -0.965. The van der Waals surface area contributed by atoms with Gasteiger partial charge in [0, 0.05) is 0 Å². The maximum atomic E-state index is 12.2. The van der Waals surface area contributed by atoms with Crippen LogP contribution in [0, 0.1) is 5.92 Å². The zero-order chi connectivity index (χ0) is 16.2. The van der Waals surface area contributed by atoms with E-state index >= 15 is 0 Å². The average molecular weight is 302 g/mol. The predicted octanol–water partition coefficient (Wildman–Crippen LogP) is 3.36. The van der Waals surface area contributed by atoms with Crippen LogP contribution in [-0.4, -0.2) is 19.0 Å². The van der Waals surface area contributed by atoms with Crippen LogP contribution < -0.4 is 0 Å². The number of carbonyl (C=O) groups excluding carboxylic acids is 2. The van der Waals surface area contributed by atoms with Crippen molar-refractivity contribution in [2.75, 3.05) is 7.11 Å². The van der Waals surface area contributed by atoms with Gasteiger partial charge >= 0.3 is 11.9 Å². The molecule has 1 fully saturated rings. The van der Waals surface area contributed by atoms with Gasteiger partial charge in [-0.05, 0) is 31.4 Å². The van der Waals surface area contributed by atoms with Crippen molar-refractivity contribution in [3.8, 4) is 0 Å². The molecule has 1 aliphatic heterocycles. The first kappa shape index (κ1) is 16.3. The third kappa shape index (κ3) is 2.78. The highest BCUT2D eigenvalue weighted by atomic mass is 16.6. The highest BCUT2D eigenvalue weighted by Gasteiger charge is 2.56. The summed E-state index contributed by atoms with van der Waals surface area (Å²) in [5.41, 5.74) is 0.0538. The Morgan fingerprint density at radius 1 is 1.36 bits per heavy atom. The summed E-state index contributed by atoms with van der Waals surface area (Å²) in [6, 6.07) is 9.50. The van der Waals surface area contributed by atoms with Crippen molar-refractivity contribution in [3.63, 3.8) is 0 Å². The molecule has 1 aromatic rings. The Morgan fingerprint density at radius 3 is 2.64 bits per heavy atom. The monoisotopic (exact) mass is 302 g/mol. The number of cyclic esters (lactones) is 1. The van der Waals surface area contributed by atoms with E-state index in [2.05, 4.69) is 6.92 Å². The molecular weight excluding hydrogens is 280 g/mol. The van der Waals surface area contributed by atoms with Crippen LogP contribution in [0.4, 0.5) is 0 Å². The van der Waals surface area contributed by atoms with E-state index in [1.54, 1.807) is 0 Å². The number of benzene rings is 1. The van der Waals surface area contributed by atoms with Crippen LogP contribution in [0.5, 0.6) is 0 Å². The number of hydrogen-bond donors (Lipinski definition) is 0. The first-order chi connectivity index (χ1) is 10.6. The molecule has 2 atom stereocenters. The number of methoxy groups -OCH3 is 1. The Hall–Kier alpha value is -2.10. The fourth-order valence-corrected chi connectivity index (χ4v) is 2.89. The molecule has 1 unspecified atom stereocenters. The zero-order valence-electron chi connectivity index (χ0n) is 13.3. The molecule has 1 aliphatic rings. The normalized spacial score (nSPS) is 26.0. The summed E-state index contributed by atoms with van der Waals surface area (Å²) in [5, 5.41) is 0. The molecule has 0 spiro atoms. The van der Waals surface area contributed by atoms with Gasteiger partial charge < -0.3 is 9.47 Å². The topological polar surface area (TPSA) is 52.6 Å². The number of rotatable bonds is 5. The van der Waals surface area contributed by atoms with Crippen molar-refractivity contribution in [2.24, 2.45) is 5.92 Å². The van der Waals surface area contributed by atoms with Crippen LogP contribution in [0.2, 0.25) is 0 Å². The standard InChI is InChI=1S/C18H22O4/c1-4-5-7-12-14-18(2,13-10-8-6-9-11-13)15(16(19)21-3)17(20)22-14/h6,8-12,15H,4-5,7H2,1-3H3/b14-12+/t15?,18-/m1/s1. The molecule has 1 aromatic carbocycles. The lowest BCUT2D eigenvalue weighted by molar-refractivity contribution is -0.154. The molecular formula is C18H22O4. The Labute approximate surface area is 131 Å². The fourth-order valence-electron chi connectivity index (χ4n) is 2.89. The molecule has 0 saturated carbocycles. The largest absolute Gasteiger partial charge is 0.468 e. The summed E-state index contributed by atoms with van der Waals surface area (Å²) in [7, 11) is 1.29. The van der Waals surface area contributed by atoms with Crippen molar-refractivity contribution >= 4 is 11.9 Å². The van der Waals surface area contributed by atoms with Gasteiger partial charge in [0.15, 0.2) is 5.92 Å². The molecule has 2 rings (SSSR count). The molecule has 0 amide bonds. The molecule has 1 saturated heterocycles. The number of ether oxygens (including phenoxy) is 2. The number of allylic oxidation sites excluding steroid dienone is 2. The second-order valence-corrected chi connectivity index (χ2v) is 5.66. The van der Waals surface area contributed by atoms with Crippen molar-refractivity contribution < 1.29 is 19.1 Å². The third-order valence-corrected chi connectivity index (χ3v) is 4.23. The van der Waals surface area contributed by atoms with Crippen LogP contribution in [0.1, 0.15) is 38.7 Å². The summed E-state index contributed by atoms with van der Waals surface area (Å²) < 4.78 is 10.3. The van der Waals surface area contributed by atoms with Crippen molar-refractivity contribution in [2.45, 2.75) is 38.5 Å². The van der Waals surface area contributed by atoms with E-state index in [0.717, 1.165) is 24.8 Å². The van der Waals surface area contributed by atoms with E-state index in [9.17, 15) is 9.59 Å². The van der Waals surface area contributed by atoms with Gasteiger partial charge in [0.05, 0.1) is 12.5 Å². The minimum absolute atomic E-state index is 0.541.